The number of nitrogens with zero attached hydrogens (tertiary/aromatic N) is 3. The van der Waals surface area contributed by atoms with Crippen LogP contribution in [0.5, 0.6) is 0 Å². The highest BCUT2D eigenvalue weighted by Gasteiger charge is 2.30. The second-order valence-electron chi connectivity index (χ2n) is 7.54. The van der Waals surface area contributed by atoms with Gasteiger partial charge in [-0.05, 0) is 36.4 Å². The highest BCUT2D eigenvalue weighted by atomic mass is 32.2. The number of benzene rings is 2. The molecule has 36 heavy (non-hydrogen) atoms. The van der Waals surface area contributed by atoms with Gasteiger partial charge in [-0.15, -0.1) is 0 Å². The molecule has 1 N–H and O–H groups in total. The number of ether oxygens (including phenoxy) is 1. The zero-order valence-corrected chi connectivity index (χ0v) is 19.8. The van der Waals surface area contributed by atoms with Gasteiger partial charge in [-0.1, -0.05) is 18.2 Å². The van der Waals surface area contributed by atoms with Crippen LogP contribution in [0.2, 0.25) is 0 Å². The van der Waals surface area contributed by atoms with Gasteiger partial charge in [0.2, 0.25) is 15.9 Å². The predicted octanol–water partition coefficient (Wildman–Crippen LogP) is 3.26. The Balaban J connectivity index is 1.68. The first kappa shape index (κ1) is 27.2. The number of amides is 1. The van der Waals surface area contributed by atoms with E-state index in [-0.39, 0.29) is 24.6 Å². The minimum atomic E-state index is -4.46. The average Bonchev–Trinajstić information content (AvgIpc) is 2.85. The van der Waals surface area contributed by atoms with Crippen molar-refractivity contribution in [3.05, 3.63) is 78.0 Å². The minimum Gasteiger partial charge on any atom is -0.383 e. The van der Waals surface area contributed by atoms with E-state index in [1.807, 2.05) is 0 Å². The summed E-state index contributed by atoms with van der Waals surface area (Å²) in [6.07, 6.45) is -3.26. The van der Waals surface area contributed by atoms with Gasteiger partial charge in [0.25, 0.3) is 0 Å². The fourth-order valence-electron chi connectivity index (χ4n) is 3.14. The smallest absolute Gasteiger partial charge is 0.383 e. The van der Waals surface area contributed by atoms with E-state index in [4.69, 9.17) is 4.74 Å². The molecule has 1 aromatic heterocycles. The molecule has 0 spiro atoms. The van der Waals surface area contributed by atoms with E-state index in [9.17, 15) is 30.8 Å². The number of nitrogens with one attached hydrogen (secondary N) is 1. The molecule has 0 atom stereocenters. The van der Waals surface area contributed by atoms with Crippen molar-refractivity contribution in [3.63, 3.8) is 0 Å². The normalized spacial score (nSPS) is 12.1. The Kier molecular flexibility index (Phi) is 8.71. The Morgan fingerprint density at radius 1 is 1.08 bits per heavy atom. The first-order chi connectivity index (χ1) is 17.0. The van der Waals surface area contributed by atoms with E-state index in [0.29, 0.717) is 17.0 Å². The zero-order chi connectivity index (χ0) is 26.3. The van der Waals surface area contributed by atoms with Crippen LogP contribution < -0.4 is 5.32 Å². The molecule has 0 bridgehead atoms. The summed E-state index contributed by atoms with van der Waals surface area (Å²) in [5.74, 6) is -1.39. The summed E-state index contributed by atoms with van der Waals surface area (Å²) in [6, 6.07) is 10.4. The number of hydrogen-bond acceptors (Lipinski definition) is 6. The summed E-state index contributed by atoms with van der Waals surface area (Å²) in [5, 5.41) is 2.55. The number of halogens is 4. The van der Waals surface area contributed by atoms with Gasteiger partial charge in [-0.3, -0.25) is 4.79 Å². The number of carbonyl (C=O) groups is 1. The maximum Gasteiger partial charge on any atom is 0.416 e. The Morgan fingerprint density at radius 3 is 2.44 bits per heavy atom. The number of rotatable bonds is 10. The average molecular weight is 527 g/mol. The van der Waals surface area contributed by atoms with Crippen molar-refractivity contribution in [3.8, 4) is 11.3 Å². The third-order valence-electron chi connectivity index (χ3n) is 5.00. The third-order valence-corrected chi connectivity index (χ3v) is 6.84. The van der Waals surface area contributed by atoms with Crippen LogP contribution in [0.3, 0.4) is 0 Å². The molecule has 0 aliphatic heterocycles. The van der Waals surface area contributed by atoms with E-state index in [2.05, 4.69) is 15.3 Å². The van der Waals surface area contributed by atoms with Crippen LogP contribution in [-0.2, 0) is 32.3 Å². The van der Waals surface area contributed by atoms with Crippen LogP contribution in [0.1, 0.15) is 11.3 Å². The van der Waals surface area contributed by atoms with Crippen LogP contribution in [0, 0.1) is 5.82 Å². The third kappa shape index (κ3) is 7.06. The summed E-state index contributed by atoms with van der Waals surface area (Å²) >= 11 is 0. The fourth-order valence-corrected chi connectivity index (χ4v) is 4.55. The quantitative estimate of drug-likeness (QED) is 0.407. The maximum atomic E-state index is 13.6. The number of methoxy groups -OCH3 is 1. The summed E-state index contributed by atoms with van der Waals surface area (Å²) in [6.45, 7) is -0.787. The highest BCUT2D eigenvalue weighted by molar-refractivity contribution is 7.89. The lowest BCUT2D eigenvalue weighted by Gasteiger charge is -2.21. The standard InChI is InChI=1S/C23H22F4N4O4S/c1-35-10-9-31(36(33,34)20-4-2-3-18(24)11-20)14-22(32)28-13-19-12-21(30-15-29-19)16-5-7-17(8-6-16)23(25,26)27/h2-8,11-12,15H,9-10,13-14H2,1H3,(H,28,32). The predicted molar refractivity (Wildman–Crippen MR) is 121 cm³/mol. The second kappa shape index (κ2) is 11.5. The molecule has 8 nitrogen and oxygen atoms in total. The van der Waals surface area contributed by atoms with Crippen LogP contribution in [-0.4, -0.2) is 55.4 Å². The second-order valence-corrected chi connectivity index (χ2v) is 9.47. The Hall–Kier alpha value is -3.42. The molecular formula is C23H22F4N4O4S. The molecule has 0 saturated carbocycles. The molecule has 192 valence electrons. The first-order valence-electron chi connectivity index (χ1n) is 10.5. The summed E-state index contributed by atoms with van der Waals surface area (Å²) < 4.78 is 83.5. The molecule has 0 aliphatic rings. The van der Waals surface area contributed by atoms with Gasteiger partial charge in [-0.25, -0.2) is 22.8 Å². The number of carbonyl (C=O) groups excluding carboxylic acids is 1. The fraction of sp³-hybridized carbons (Fsp3) is 0.261. The van der Waals surface area contributed by atoms with Gasteiger partial charge < -0.3 is 10.1 Å². The lowest BCUT2D eigenvalue weighted by Crippen LogP contribution is -2.42. The highest BCUT2D eigenvalue weighted by Crippen LogP contribution is 2.30. The molecule has 0 fully saturated rings. The molecule has 1 heterocycles. The zero-order valence-electron chi connectivity index (χ0n) is 19.0. The summed E-state index contributed by atoms with van der Waals surface area (Å²) in [7, 11) is -2.81. The Bertz CT molecular complexity index is 1300. The summed E-state index contributed by atoms with van der Waals surface area (Å²) in [5.41, 5.74) is 0.326. The van der Waals surface area contributed by atoms with Crippen LogP contribution in [0.4, 0.5) is 17.6 Å². The first-order valence-corrected chi connectivity index (χ1v) is 11.9. The van der Waals surface area contributed by atoms with Crippen molar-refractivity contribution in [2.24, 2.45) is 0 Å². The van der Waals surface area contributed by atoms with E-state index < -0.39 is 40.0 Å². The Morgan fingerprint density at radius 2 is 1.81 bits per heavy atom. The molecule has 0 aliphatic carbocycles. The van der Waals surface area contributed by atoms with Crippen LogP contribution in [0.25, 0.3) is 11.3 Å². The molecule has 1 amide bonds. The van der Waals surface area contributed by atoms with Crippen molar-refractivity contribution in [2.75, 3.05) is 26.8 Å². The van der Waals surface area contributed by atoms with Crippen molar-refractivity contribution >= 4 is 15.9 Å². The van der Waals surface area contributed by atoms with Gasteiger partial charge in [0.1, 0.15) is 12.1 Å². The largest absolute Gasteiger partial charge is 0.416 e. The van der Waals surface area contributed by atoms with E-state index in [1.165, 1.54) is 43.8 Å². The van der Waals surface area contributed by atoms with Crippen molar-refractivity contribution < 1.29 is 35.5 Å². The molecular weight excluding hydrogens is 504 g/mol. The summed E-state index contributed by atoms with van der Waals surface area (Å²) in [4.78, 5) is 20.3. The number of sulfonamides is 1. The molecule has 0 unspecified atom stereocenters. The van der Waals surface area contributed by atoms with Crippen LogP contribution >= 0.6 is 0 Å². The Labute approximate surface area is 205 Å². The molecule has 0 saturated heterocycles. The van der Waals surface area contributed by atoms with E-state index >= 15 is 0 Å². The van der Waals surface area contributed by atoms with Crippen molar-refractivity contribution in [2.45, 2.75) is 17.6 Å². The van der Waals surface area contributed by atoms with Gasteiger partial charge >= 0.3 is 6.18 Å². The van der Waals surface area contributed by atoms with Gasteiger partial charge in [0, 0.05) is 19.2 Å². The molecule has 13 heteroatoms. The number of aromatic nitrogens is 2. The molecule has 3 rings (SSSR count). The number of alkyl halides is 3. The monoisotopic (exact) mass is 526 g/mol. The van der Waals surface area contributed by atoms with E-state index in [1.54, 1.807) is 0 Å². The van der Waals surface area contributed by atoms with Gasteiger partial charge in [-0.2, -0.15) is 17.5 Å². The SMILES string of the molecule is COCCN(CC(=O)NCc1cc(-c2ccc(C(F)(F)F)cc2)ncn1)S(=O)(=O)c1cccc(F)c1. The topological polar surface area (TPSA) is 101 Å². The molecule has 2 aromatic carbocycles. The van der Waals surface area contributed by atoms with Gasteiger partial charge in [0.15, 0.2) is 0 Å². The minimum absolute atomic E-state index is 0.00419. The van der Waals surface area contributed by atoms with E-state index in [0.717, 1.165) is 28.6 Å². The molecule has 0 radical (unpaired) electrons. The lowest BCUT2D eigenvalue weighted by molar-refractivity contribution is -0.137. The van der Waals surface area contributed by atoms with Gasteiger partial charge in [0.05, 0.1) is 41.5 Å². The molecule has 3 aromatic rings. The lowest BCUT2D eigenvalue weighted by atomic mass is 10.1. The van der Waals surface area contributed by atoms with Crippen molar-refractivity contribution in [1.29, 1.82) is 0 Å². The number of hydrogen-bond donors (Lipinski definition) is 1. The van der Waals surface area contributed by atoms with Crippen molar-refractivity contribution in [1.82, 2.24) is 19.6 Å². The van der Waals surface area contributed by atoms with Crippen LogP contribution in [0.15, 0.2) is 65.8 Å². The maximum absolute atomic E-state index is 13.6.